The molecular formula is C18H36N4O. The number of aliphatic imine (C=N–C) groups is 1. The quantitative estimate of drug-likeness (QED) is 0.428. The summed E-state index contributed by atoms with van der Waals surface area (Å²) >= 11 is 0. The van der Waals surface area contributed by atoms with E-state index in [0.29, 0.717) is 0 Å². The molecular weight excluding hydrogens is 288 g/mol. The van der Waals surface area contributed by atoms with E-state index in [-0.39, 0.29) is 5.60 Å². The highest BCUT2D eigenvalue weighted by Crippen LogP contribution is 2.23. The van der Waals surface area contributed by atoms with Crippen molar-refractivity contribution in [2.24, 2.45) is 10.9 Å². The lowest BCUT2D eigenvalue weighted by Crippen LogP contribution is -2.45. The molecule has 2 saturated heterocycles. The van der Waals surface area contributed by atoms with Crippen molar-refractivity contribution < 1.29 is 4.74 Å². The van der Waals surface area contributed by atoms with Gasteiger partial charge in [0.2, 0.25) is 0 Å². The van der Waals surface area contributed by atoms with E-state index >= 15 is 0 Å². The number of nitrogens with zero attached hydrogens (tertiary/aromatic N) is 2. The Labute approximate surface area is 142 Å². The Morgan fingerprint density at radius 2 is 2.04 bits per heavy atom. The highest BCUT2D eigenvalue weighted by Gasteiger charge is 2.29. The number of nitrogens with one attached hydrogen (secondary N) is 2. The van der Waals surface area contributed by atoms with Crippen LogP contribution in [0.25, 0.3) is 0 Å². The average molecular weight is 325 g/mol. The summed E-state index contributed by atoms with van der Waals surface area (Å²) in [5.41, 5.74) is -0.0248. The summed E-state index contributed by atoms with van der Waals surface area (Å²) in [7, 11) is 1.84. The Morgan fingerprint density at radius 1 is 1.26 bits per heavy atom. The van der Waals surface area contributed by atoms with Gasteiger partial charge in [-0.05, 0) is 71.0 Å². The van der Waals surface area contributed by atoms with Gasteiger partial charge in [0.05, 0.1) is 5.60 Å². The van der Waals surface area contributed by atoms with Crippen LogP contribution in [0.2, 0.25) is 0 Å². The summed E-state index contributed by atoms with van der Waals surface area (Å²) in [5, 5.41) is 6.82. The predicted molar refractivity (Wildman–Crippen MR) is 97.0 cm³/mol. The number of hydrogen-bond acceptors (Lipinski definition) is 3. The molecule has 1 unspecified atom stereocenters. The van der Waals surface area contributed by atoms with Crippen molar-refractivity contribution >= 4 is 5.96 Å². The van der Waals surface area contributed by atoms with Crippen molar-refractivity contribution in [2.75, 3.05) is 46.4 Å². The second-order valence-electron chi connectivity index (χ2n) is 7.49. The van der Waals surface area contributed by atoms with Gasteiger partial charge in [-0.25, -0.2) is 0 Å². The van der Waals surface area contributed by atoms with Crippen LogP contribution in [0.15, 0.2) is 4.99 Å². The van der Waals surface area contributed by atoms with Gasteiger partial charge in [-0.1, -0.05) is 6.92 Å². The maximum atomic E-state index is 5.80. The molecule has 2 N–H and O–H groups in total. The van der Waals surface area contributed by atoms with E-state index < -0.39 is 0 Å². The van der Waals surface area contributed by atoms with Crippen LogP contribution in [0.5, 0.6) is 0 Å². The van der Waals surface area contributed by atoms with Crippen LogP contribution in [0.3, 0.4) is 0 Å². The molecule has 1 atom stereocenters. The molecule has 2 aliphatic heterocycles. The highest BCUT2D eigenvalue weighted by molar-refractivity contribution is 5.79. The fraction of sp³-hybridized carbons (Fsp3) is 0.944. The number of guanidine groups is 1. The topological polar surface area (TPSA) is 48.9 Å². The molecule has 0 spiro atoms. The molecule has 0 radical (unpaired) electrons. The maximum Gasteiger partial charge on any atom is 0.191 e. The van der Waals surface area contributed by atoms with Crippen LogP contribution < -0.4 is 10.6 Å². The normalized spacial score (nSPS) is 27.3. The highest BCUT2D eigenvalue weighted by atomic mass is 16.5. The van der Waals surface area contributed by atoms with Gasteiger partial charge < -0.3 is 20.3 Å². The summed E-state index contributed by atoms with van der Waals surface area (Å²) in [6.07, 6.45) is 7.50. The molecule has 0 aromatic rings. The van der Waals surface area contributed by atoms with Crippen LogP contribution >= 0.6 is 0 Å². The van der Waals surface area contributed by atoms with Crippen LogP contribution in [0.1, 0.15) is 52.4 Å². The second-order valence-corrected chi connectivity index (χ2v) is 7.49. The molecule has 2 heterocycles. The fourth-order valence-electron chi connectivity index (χ4n) is 3.42. The Balaban J connectivity index is 1.52. The molecule has 0 aromatic heterocycles. The maximum absolute atomic E-state index is 5.80. The lowest BCUT2D eigenvalue weighted by Gasteiger charge is -2.30. The minimum absolute atomic E-state index is 0.0248. The Bertz CT molecular complexity index is 358. The van der Waals surface area contributed by atoms with Gasteiger partial charge in [0.1, 0.15) is 0 Å². The first-order chi connectivity index (χ1) is 11.1. The molecule has 2 fully saturated rings. The Morgan fingerprint density at radius 3 is 2.70 bits per heavy atom. The van der Waals surface area contributed by atoms with Gasteiger partial charge in [-0.2, -0.15) is 0 Å². The number of unbranched alkanes of at least 4 members (excludes halogenated alkanes) is 1. The van der Waals surface area contributed by atoms with Crippen molar-refractivity contribution in [3.63, 3.8) is 0 Å². The first kappa shape index (κ1) is 18.5. The molecule has 2 rings (SSSR count). The fourth-order valence-corrected chi connectivity index (χ4v) is 3.42. The molecule has 134 valence electrons. The third kappa shape index (κ3) is 6.68. The third-order valence-corrected chi connectivity index (χ3v) is 5.22. The van der Waals surface area contributed by atoms with Gasteiger partial charge in [0.25, 0.3) is 0 Å². The van der Waals surface area contributed by atoms with Crippen molar-refractivity contribution in [1.82, 2.24) is 15.5 Å². The van der Waals surface area contributed by atoms with Crippen LogP contribution in [-0.2, 0) is 4.74 Å². The minimum Gasteiger partial charge on any atom is -0.373 e. The molecule has 0 aliphatic carbocycles. The molecule has 5 nitrogen and oxygen atoms in total. The van der Waals surface area contributed by atoms with Gasteiger partial charge in [0, 0.05) is 26.7 Å². The Hall–Kier alpha value is -0.810. The van der Waals surface area contributed by atoms with E-state index in [2.05, 4.69) is 34.4 Å². The number of hydrogen-bond donors (Lipinski definition) is 2. The summed E-state index contributed by atoms with van der Waals surface area (Å²) in [6.45, 7) is 11.1. The van der Waals surface area contributed by atoms with E-state index in [1.165, 1.54) is 51.7 Å². The summed E-state index contributed by atoms with van der Waals surface area (Å²) < 4.78 is 5.80. The lowest BCUT2D eigenvalue weighted by molar-refractivity contribution is 0.0243. The van der Waals surface area contributed by atoms with Crippen LogP contribution in [0, 0.1) is 5.92 Å². The van der Waals surface area contributed by atoms with Crippen molar-refractivity contribution in [2.45, 2.75) is 58.0 Å². The summed E-state index contributed by atoms with van der Waals surface area (Å²) in [4.78, 5) is 6.92. The zero-order valence-corrected chi connectivity index (χ0v) is 15.4. The summed E-state index contributed by atoms with van der Waals surface area (Å²) in [5.74, 6) is 1.82. The van der Waals surface area contributed by atoms with Gasteiger partial charge in [-0.15, -0.1) is 0 Å². The molecule has 0 bridgehead atoms. The van der Waals surface area contributed by atoms with Crippen LogP contribution in [0.4, 0.5) is 0 Å². The number of likely N-dealkylation sites (tertiary alicyclic amines) is 1. The lowest BCUT2D eigenvalue weighted by atomic mass is 9.99. The molecule has 5 heteroatoms. The molecule has 0 amide bonds. The predicted octanol–water partition coefficient (Wildman–Crippen LogP) is 2.23. The van der Waals surface area contributed by atoms with Gasteiger partial charge in [-0.3, -0.25) is 4.99 Å². The van der Waals surface area contributed by atoms with E-state index in [1.807, 2.05) is 7.05 Å². The van der Waals surface area contributed by atoms with E-state index in [4.69, 9.17) is 4.74 Å². The standard InChI is InChI=1S/C18H36N4O/c1-16-7-12-22(13-8-16)11-5-4-10-20-17(19-3)21-15-18(2)9-6-14-23-18/h16H,4-15H2,1-3H3,(H2,19,20,21). The van der Waals surface area contributed by atoms with Crippen molar-refractivity contribution in [3.05, 3.63) is 0 Å². The van der Waals surface area contributed by atoms with E-state index in [9.17, 15) is 0 Å². The molecule has 2 aliphatic rings. The van der Waals surface area contributed by atoms with Crippen molar-refractivity contribution in [3.8, 4) is 0 Å². The number of piperidine rings is 1. The first-order valence-electron chi connectivity index (χ1n) is 9.42. The summed E-state index contributed by atoms with van der Waals surface area (Å²) in [6, 6.07) is 0. The van der Waals surface area contributed by atoms with Gasteiger partial charge >= 0.3 is 0 Å². The minimum atomic E-state index is -0.0248. The van der Waals surface area contributed by atoms with Gasteiger partial charge in [0.15, 0.2) is 5.96 Å². The zero-order valence-electron chi connectivity index (χ0n) is 15.4. The van der Waals surface area contributed by atoms with Crippen molar-refractivity contribution in [1.29, 1.82) is 0 Å². The molecule has 23 heavy (non-hydrogen) atoms. The average Bonchev–Trinajstić information content (AvgIpc) is 2.99. The Kier molecular flexibility index (Phi) is 7.63. The number of rotatable bonds is 7. The molecule has 0 aromatic carbocycles. The number of ether oxygens (including phenoxy) is 1. The van der Waals surface area contributed by atoms with E-state index in [1.54, 1.807) is 0 Å². The first-order valence-corrected chi connectivity index (χ1v) is 9.42. The van der Waals surface area contributed by atoms with E-state index in [0.717, 1.165) is 38.0 Å². The SMILES string of the molecule is CN=C(NCCCCN1CCC(C)CC1)NCC1(C)CCCO1. The van der Waals surface area contributed by atoms with Crippen LogP contribution in [-0.4, -0.2) is 62.8 Å². The smallest absolute Gasteiger partial charge is 0.191 e. The molecule has 0 saturated carbocycles. The second kappa shape index (κ2) is 9.48. The zero-order chi connectivity index (χ0) is 16.5. The monoisotopic (exact) mass is 324 g/mol. The third-order valence-electron chi connectivity index (χ3n) is 5.22. The largest absolute Gasteiger partial charge is 0.373 e.